The standard InChI is InChI=1S/C27H33N3O4S/c1-19(2)28-27(32)21(4)29(17-22-15-13-20(3)14-16-22)26(31)18-30(35(5,33)34)25-12-8-10-23-9-6-7-11-24(23)25/h6-16,19,21H,17-18H2,1-5H3,(H,28,32)/t21-/m1/s1. The van der Waals surface area contributed by atoms with Gasteiger partial charge in [0.1, 0.15) is 12.6 Å². The van der Waals surface area contributed by atoms with Gasteiger partial charge in [0.25, 0.3) is 0 Å². The molecular weight excluding hydrogens is 462 g/mol. The molecule has 0 heterocycles. The molecule has 3 aromatic rings. The van der Waals surface area contributed by atoms with Gasteiger partial charge in [-0.15, -0.1) is 0 Å². The summed E-state index contributed by atoms with van der Waals surface area (Å²) in [5.41, 5.74) is 2.36. The van der Waals surface area contributed by atoms with Gasteiger partial charge in [-0.05, 0) is 44.7 Å². The van der Waals surface area contributed by atoms with Crippen molar-refractivity contribution in [2.45, 2.75) is 46.3 Å². The lowest BCUT2D eigenvalue weighted by Crippen LogP contribution is -2.52. The van der Waals surface area contributed by atoms with Crippen LogP contribution in [-0.4, -0.2) is 50.0 Å². The first-order chi connectivity index (χ1) is 16.5. The van der Waals surface area contributed by atoms with Crippen LogP contribution in [0.1, 0.15) is 31.9 Å². The van der Waals surface area contributed by atoms with Crippen LogP contribution in [0.2, 0.25) is 0 Å². The van der Waals surface area contributed by atoms with Gasteiger partial charge in [0, 0.05) is 18.0 Å². The van der Waals surface area contributed by atoms with Crippen LogP contribution in [0.3, 0.4) is 0 Å². The second kappa shape index (κ2) is 10.9. The largest absolute Gasteiger partial charge is 0.352 e. The summed E-state index contributed by atoms with van der Waals surface area (Å²) in [5, 5.41) is 4.44. The summed E-state index contributed by atoms with van der Waals surface area (Å²) in [6, 6.07) is 19.6. The van der Waals surface area contributed by atoms with E-state index in [1.165, 1.54) is 4.90 Å². The molecule has 0 aliphatic rings. The first-order valence-electron chi connectivity index (χ1n) is 11.6. The minimum absolute atomic E-state index is 0.0931. The number of amides is 2. The van der Waals surface area contributed by atoms with Crippen molar-refractivity contribution in [2.24, 2.45) is 0 Å². The Morgan fingerprint density at radius 2 is 1.54 bits per heavy atom. The lowest BCUT2D eigenvalue weighted by molar-refractivity contribution is -0.139. The van der Waals surface area contributed by atoms with Crippen molar-refractivity contribution in [3.05, 3.63) is 77.9 Å². The second-order valence-electron chi connectivity index (χ2n) is 9.11. The van der Waals surface area contributed by atoms with Crippen molar-refractivity contribution in [1.82, 2.24) is 10.2 Å². The maximum Gasteiger partial charge on any atom is 0.244 e. The Morgan fingerprint density at radius 3 is 2.17 bits per heavy atom. The molecule has 8 heteroatoms. The minimum Gasteiger partial charge on any atom is -0.352 e. The average Bonchev–Trinajstić information content (AvgIpc) is 2.80. The molecular formula is C27H33N3O4S. The maximum absolute atomic E-state index is 13.7. The fourth-order valence-electron chi connectivity index (χ4n) is 3.90. The predicted octanol–water partition coefficient (Wildman–Crippen LogP) is 3.86. The maximum atomic E-state index is 13.7. The predicted molar refractivity (Wildman–Crippen MR) is 141 cm³/mol. The number of nitrogens with one attached hydrogen (secondary N) is 1. The van der Waals surface area contributed by atoms with Gasteiger partial charge in [-0.1, -0.05) is 66.2 Å². The summed E-state index contributed by atoms with van der Waals surface area (Å²) in [6.07, 6.45) is 1.08. The molecule has 3 rings (SSSR count). The van der Waals surface area contributed by atoms with Gasteiger partial charge in [-0.3, -0.25) is 13.9 Å². The normalized spacial score (nSPS) is 12.4. The number of hydrogen-bond donors (Lipinski definition) is 1. The molecule has 1 atom stereocenters. The Hall–Kier alpha value is -3.39. The molecule has 0 saturated carbocycles. The van der Waals surface area contributed by atoms with E-state index in [0.717, 1.165) is 32.5 Å². The third kappa shape index (κ3) is 6.60. The highest BCUT2D eigenvalue weighted by molar-refractivity contribution is 7.92. The van der Waals surface area contributed by atoms with Crippen LogP contribution in [-0.2, 0) is 26.2 Å². The molecule has 2 amide bonds. The molecule has 0 fully saturated rings. The second-order valence-corrected chi connectivity index (χ2v) is 11.0. The lowest BCUT2D eigenvalue weighted by Gasteiger charge is -2.32. The van der Waals surface area contributed by atoms with E-state index in [1.54, 1.807) is 19.1 Å². The fourth-order valence-corrected chi connectivity index (χ4v) is 4.76. The zero-order chi connectivity index (χ0) is 25.8. The number of hydrogen-bond acceptors (Lipinski definition) is 4. The van der Waals surface area contributed by atoms with Crippen LogP contribution in [0.5, 0.6) is 0 Å². The van der Waals surface area contributed by atoms with Crippen LogP contribution in [0.25, 0.3) is 10.8 Å². The van der Waals surface area contributed by atoms with E-state index in [2.05, 4.69) is 5.32 Å². The molecule has 3 aromatic carbocycles. The average molecular weight is 496 g/mol. The topological polar surface area (TPSA) is 86.8 Å². The van der Waals surface area contributed by atoms with Crippen molar-refractivity contribution in [3.8, 4) is 0 Å². The van der Waals surface area contributed by atoms with Crippen molar-refractivity contribution >= 4 is 38.3 Å². The highest BCUT2D eigenvalue weighted by Crippen LogP contribution is 2.28. The Bertz CT molecular complexity index is 1300. The van der Waals surface area contributed by atoms with Gasteiger partial charge in [0.05, 0.1) is 11.9 Å². The SMILES string of the molecule is Cc1ccc(CN(C(=O)CN(c2cccc3ccccc23)S(C)(=O)=O)[C@H](C)C(=O)NC(C)C)cc1. The zero-order valence-corrected chi connectivity index (χ0v) is 21.7. The smallest absolute Gasteiger partial charge is 0.244 e. The molecule has 186 valence electrons. The van der Waals surface area contributed by atoms with Crippen LogP contribution in [0, 0.1) is 6.92 Å². The quantitative estimate of drug-likeness (QED) is 0.488. The third-order valence-electron chi connectivity index (χ3n) is 5.79. The molecule has 0 aliphatic carbocycles. The number of sulfonamides is 1. The van der Waals surface area contributed by atoms with Gasteiger partial charge in [-0.2, -0.15) is 0 Å². The van der Waals surface area contributed by atoms with E-state index in [-0.39, 0.29) is 18.5 Å². The van der Waals surface area contributed by atoms with E-state index in [0.29, 0.717) is 5.69 Å². The number of anilines is 1. The van der Waals surface area contributed by atoms with Crippen molar-refractivity contribution in [2.75, 3.05) is 17.1 Å². The Kier molecular flexibility index (Phi) is 8.17. The number of fused-ring (bicyclic) bond motifs is 1. The molecule has 35 heavy (non-hydrogen) atoms. The molecule has 0 radical (unpaired) electrons. The molecule has 0 saturated heterocycles. The molecule has 0 spiro atoms. The molecule has 0 bridgehead atoms. The minimum atomic E-state index is -3.80. The Morgan fingerprint density at radius 1 is 0.914 bits per heavy atom. The molecule has 0 aromatic heterocycles. The Balaban J connectivity index is 1.99. The van der Waals surface area contributed by atoms with E-state index in [1.807, 2.05) is 75.4 Å². The number of carbonyl (C=O) groups excluding carboxylic acids is 2. The van der Waals surface area contributed by atoms with Crippen LogP contribution >= 0.6 is 0 Å². The summed E-state index contributed by atoms with van der Waals surface area (Å²) in [6.45, 7) is 7.09. The van der Waals surface area contributed by atoms with Crippen molar-refractivity contribution in [1.29, 1.82) is 0 Å². The van der Waals surface area contributed by atoms with Gasteiger partial charge < -0.3 is 10.2 Å². The zero-order valence-electron chi connectivity index (χ0n) is 20.9. The summed E-state index contributed by atoms with van der Waals surface area (Å²) in [7, 11) is -3.80. The highest BCUT2D eigenvalue weighted by atomic mass is 32.2. The van der Waals surface area contributed by atoms with E-state index in [9.17, 15) is 18.0 Å². The first kappa shape index (κ1) is 26.2. The molecule has 1 N–H and O–H groups in total. The fraction of sp³-hybridized carbons (Fsp3) is 0.333. The molecule has 0 unspecified atom stereocenters. The molecule has 0 aliphatic heterocycles. The monoisotopic (exact) mass is 495 g/mol. The summed E-state index contributed by atoms with van der Waals surface area (Å²) >= 11 is 0. The summed E-state index contributed by atoms with van der Waals surface area (Å²) < 4.78 is 26.8. The van der Waals surface area contributed by atoms with Gasteiger partial charge in [0.2, 0.25) is 21.8 Å². The van der Waals surface area contributed by atoms with E-state index < -0.39 is 28.5 Å². The van der Waals surface area contributed by atoms with Gasteiger partial charge in [0.15, 0.2) is 0 Å². The van der Waals surface area contributed by atoms with Crippen molar-refractivity contribution in [3.63, 3.8) is 0 Å². The number of nitrogens with zero attached hydrogens (tertiary/aromatic N) is 2. The van der Waals surface area contributed by atoms with Crippen LogP contribution in [0.15, 0.2) is 66.7 Å². The van der Waals surface area contributed by atoms with Gasteiger partial charge in [-0.25, -0.2) is 8.42 Å². The van der Waals surface area contributed by atoms with Crippen LogP contribution in [0.4, 0.5) is 5.69 Å². The Labute approximate surface area is 207 Å². The number of carbonyl (C=O) groups is 2. The van der Waals surface area contributed by atoms with Gasteiger partial charge >= 0.3 is 0 Å². The summed E-state index contributed by atoms with van der Waals surface area (Å²) in [5.74, 6) is -0.758. The highest BCUT2D eigenvalue weighted by Gasteiger charge is 2.30. The van der Waals surface area contributed by atoms with Crippen molar-refractivity contribution < 1.29 is 18.0 Å². The molecule has 7 nitrogen and oxygen atoms in total. The van der Waals surface area contributed by atoms with E-state index >= 15 is 0 Å². The third-order valence-corrected chi connectivity index (χ3v) is 6.91. The number of benzene rings is 3. The lowest BCUT2D eigenvalue weighted by atomic mass is 10.1. The first-order valence-corrected chi connectivity index (χ1v) is 13.4. The number of rotatable bonds is 9. The summed E-state index contributed by atoms with van der Waals surface area (Å²) in [4.78, 5) is 27.9. The number of aryl methyl sites for hydroxylation is 1. The van der Waals surface area contributed by atoms with Crippen LogP contribution < -0.4 is 9.62 Å². The van der Waals surface area contributed by atoms with E-state index in [4.69, 9.17) is 0 Å².